The van der Waals surface area contributed by atoms with Gasteiger partial charge in [-0.1, -0.05) is 12.1 Å². The molecule has 1 aromatic heterocycles. The first-order valence-electron chi connectivity index (χ1n) is 9.61. The number of hydrogen-bond acceptors (Lipinski definition) is 4. The Balaban J connectivity index is 1.45. The normalized spacial score (nSPS) is 19.4. The van der Waals surface area contributed by atoms with Gasteiger partial charge in [-0.05, 0) is 37.0 Å². The van der Waals surface area contributed by atoms with Gasteiger partial charge in [0.15, 0.2) is 5.69 Å². The topological polar surface area (TPSA) is 76.5 Å². The average Bonchev–Trinajstić information content (AvgIpc) is 3.34. The molecule has 4 rings (SSSR count). The van der Waals surface area contributed by atoms with E-state index in [4.69, 9.17) is 4.74 Å². The molecule has 0 aliphatic carbocycles. The number of hydrogen-bond donors (Lipinski definition) is 1. The quantitative estimate of drug-likeness (QED) is 0.853. The number of nitrogens with one attached hydrogen (secondary N) is 1. The van der Waals surface area contributed by atoms with Gasteiger partial charge in [0.1, 0.15) is 11.5 Å². The average molecular weight is 386 g/mol. The van der Waals surface area contributed by atoms with Gasteiger partial charge in [-0.15, -0.1) is 0 Å². The number of aryl methyl sites for hydroxylation is 1. The summed E-state index contributed by atoms with van der Waals surface area (Å²) in [6.07, 6.45) is 2.74. The summed E-state index contributed by atoms with van der Waals surface area (Å²) < 4.78 is 20.2. The first-order chi connectivity index (χ1) is 13.6. The summed E-state index contributed by atoms with van der Waals surface area (Å²) in [5, 5.41) is 7.16. The predicted molar refractivity (Wildman–Crippen MR) is 99.3 cm³/mol. The van der Waals surface area contributed by atoms with Crippen LogP contribution in [-0.2, 0) is 17.8 Å². The fourth-order valence-electron chi connectivity index (χ4n) is 3.61. The van der Waals surface area contributed by atoms with Gasteiger partial charge in [0.25, 0.3) is 11.8 Å². The Morgan fingerprint density at radius 2 is 2.07 bits per heavy atom. The van der Waals surface area contributed by atoms with Crippen LogP contribution in [0, 0.1) is 5.82 Å². The molecule has 1 saturated heterocycles. The summed E-state index contributed by atoms with van der Waals surface area (Å²) in [7, 11) is 0. The van der Waals surface area contributed by atoms with E-state index < -0.39 is 0 Å². The van der Waals surface area contributed by atoms with Crippen LogP contribution in [0.4, 0.5) is 4.39 Å². The van der Waals surface area contributed by atoms with Crippen LogP contribution in [0.15, 0.2) is 30.3 Å². The van der Waals surface area contributed by atoms with E-state index in [2.05, 4.69) is 10.4 Å². The van der Waals surface area contributed by atoms with Crippen molar-refractivity contribution in [1.29, 1.82) is 0 Å². The second-order valence-corrected chi connectivity index (χ2v) is 7.19. The maximum atomic E-state index is 13.1. The third kappa shape index (κ3) is 4.06. The van der Waals surface area contributed by atoms with E-state index in [1.54, 1.807) is 27.8 Å². The second kappa shape index (κ2) is 8.10. The zero-order valence-corrected chi connectivity index (χ0v) is 15.6. The van der Waals surface area contributed by atoms with Crippen LogP contribution >= 0.6 is 0 Å². The minimum atomic E-state index is -0.303. The van der Waals surface area contributed by atoms with E-state index in [0.29, 0.717) is 31.9 Å². The van der Waals surface area contributed by atoms with E-state index in [0.717, 1.165) is 31.4 Å². The van der Waals surface area contributed by atoms with Crippen LogP contribution in [0.3, 0.4) is 0 Å². The van der Waals surface area contributed by atoms with Crippen molar-refractivity contribution in [2.24, 2.45) is 0 Å². The van der Waals surface area contributed by atoms with Gasteiger partial charge in [-0.25, -0.2) is 4.39 Å². The number of amides is 2. The van der Waals surface area contributed by atoms with Crippen LogP contribution in [0.5, 0.6) is 0 Å². The molecule has 1 N–H and O–H groups in total. The molecule has 2 aromatic rings. The Hall–Kier alpha value is -2.74. The van der Waals surface area contributed by atoms with Crippen molar-refractivity contribution in [3.8, 4) is 0 Å². The van der Waals surface area contributed by atoms with E-state index >= 15 is 0 Å². The van der Waals surface area contributed by atoms with Crippen molar-refractivity contribution in [2.75, 3.05) is 19.7 Å². The number of benzene rings is 1. The highest BCUT2D eigenvalue weighted by atomic mass is 19.1. The number of carbonyl (C=O) groups excluding carboxylic acids is 2. The Morgan fingerprint density at radius 3 is 2.82 bits per heavy atom. The number of halogens is 1. The minimum absolute atomic E-state index is 0.0530. The molecule has 2 aliphatic rings. The molecular weight excluding hydrogens is 363 g/mol. The maximum Gasteiger partial charge on any atom is 0.272 e. The Labute approximate surface area is 162 Å². The lowest BCUT2D eigenvalue weighted by molar-refractivity contribution is 0.0745. The van der Waals surface area contributed by atoms with Crippen molar-refractivity contribution in [2.45, 2.75) is 38.5 Å². The van der Waals surface area contributed by atoms with Crippen molar-refractivity contribution in [3.63, 3.8) is 0 Å². The highest BCUT2D eigenvalue weighted by Gasteiger charge is 2.26. The van der Waals surface area contributed by atoms with Crippen LogP contribution < -0.4 is 5.32 Å². The molecule has 8 heteroatoms. The molecule has 0 radical (unpaired) electrons. The predicted octanol–water partition coefficient (Wildman–Crippen LogP) is 1.98. The molecule has 1 atom stereocenters. The van der Waals surface area contributed by atoms with Crippen LogP contribution in [0.1, 0.15) is 45.8 Å². The second-order valence-electron chi connectivity index (χ2n) is 7.19. The summed E-state index contributed by atoms with van der Waals surface area (Å²) in [6.45, 7) is 2.73. The summed E-state index contributed by atoms with van der Waals surface area (Å²) in [4.78, 5) is 27.1. The van der Waals surface area contributed by atoms with Crippen LogP contribution in [0.2, 0.25) is 0 Å². The van der Waals surface area contributed by atoms with Crippen LogP contribution in [-0.4, -0.2) is 52.3 Å². The molecule has 2 aliphatic heterocycles. The summed E-state index contributed by atoms with van der Waals surface area (Å²) in [5.74, 6) is -0.774. The smallest absolute Gasteiger partial charge is 0.272 e. The first-order valence-corrected chi connectivity index (χ1v) is 9.61. The third-order valence-electron chi connectivity index (χ3n) is 5.12. The zero-order chi connectivity index (χ0) is 19.5. The number of carbonyl (C=O) groups is 2. The van der Waals surface area contributed by atoms with Gasteiger partial charge >= 0.3 is 0 Å². The lowest BCUT2D eigenvalue weighted by Gasteiger charge is -2.20. The van der Waals surface area contributed by atoms with Crippen molar-refractivity contribution >= 4 is 11.8 Å². The molecule has 28 heavy (non-hydrogen) atoms. The SMILES string of the molecule is O=C(NCC1CCCO1)c1cc2n(n1)CCCN(Cc1ccc(F)cc1)C2=O. The molecule has 0 bridgehead atoms. The van der Waals surface area contributed by atoms with Gasteiger partial charge in [-0.2, -0.15) is 5.10 Å². The summed E-state index contributed by atoms with van der Waals surface area (Å²) in [5.41, 5.74) is 1.50. The van der Waals surface area contributed by atoms with Gasteiger partial charge in [0.05, 0.1) is 6.10 Å². The lowest BCUT2D eigenvalue weighted by Crippen LogP contribution is -2.32. The number of ether oxygens (including phenoxy) is 1. The molecule has 2 amide bonds. The zero-order valence-electron chi connectivity index (χ0n) is 15.6. The minimum Gasteiger partial charge on any atom is -0.376 e. The molecule has 1 aromatic carbocycles. The van der Waals surface area contributed by atoms with Gasteiger partial charge in [0, 0.05) is 38.9 Å². The molecule has 3 heterocycles. The fraction of sp³-hybridized carbons (Fsp3) is 0.450. The van der Waals surface area contributed by atoms with Gasteiger partial charge < -0.3 is 15.0 Å². The largest absolute Gasteiger partial charge is 0.376 e. The molecule has 1 fully saturated rings. The van der Waals surface area contributed by atoms with E-state index in [9.17, 15) is 14.0 Å². The number of fused-ring (bicyclic) bond motifs is 1. The third-order valence-corrected chi connectivity index (χ3v) is 5.12. The van der Waals surface area contributed by atoms with Crippen molar-refractivity contribution in [3.05, 3.63) is 53.1 Å². The van der Waals surface area contributed by atoms with E-state index in [1.165, 1.54) is 12.1 Å². The Bertz CT molecular complexity index is 859. The number of rotatable bonds is 5. The van der Waals surface area contributed by atoms with Gasteiger partial charge in [0.2, 0.25) is 0 Å². The van der Waals surface area contributed by atoms with Crippen molar-refractivity contribution < 1.29 is 18.7 Å². The highest BCUT2D eigenvalue weighted by molar-refractivity contribution is 5.98. The Morgan fingerprint density at radius 1 is 1.25 bits per heavy atom. The summed E-state index contributed by atoms with van der Waals surface area (Å²) >= 11 is 0. The first kappa shape index (κ1) is 18.6. The molecule has 148 valence electrons. The van der Waals surface area contributed by atoms with Crippen LogP contribution in [0.25, 0.3) is 0 Å². The standard InChI is InChI=1S/C20H23FN4O3/c21-15-6-4-14(5-7-15)13-24-8-2-9-25-18(20(24)27)11-17(23-25)19(26)22-12-16-3-1-10-28-16/h4-7,11,16H,1-3,8-10,12-13H2,(H,22,26). The molecule has 0 saturated carbocycles. The van der Waals surface area contributed by atoms with E-state index in [1.807, 2.05) is 0 Å². The monoisotopic (exact) mass is 386 g/mol. The molecular formula is C20H23FN4O3. The van der Waals surface area contributed by atoms with E-state index in [-0.39, 0.29) is 29.4 Å². The maximum absolute atomic E-state index is 13.1. The van der Waals surface area contributed by atoms with Crippen molar-refractivity contribution in [1.82, 2.24) is 20.0 Å². The molecule has 7 nitrogen and oxygen atoms in total. The lowest BCUT2D eigenvalue weighted by atomic mass is 10.2. The Kier molecular flexibility index (Phi) is 5.38. The number of aromatic nitrogens is 2. The fourth-order valence-corrected chi connectivity index (χ4v) is 3.61. The number of nitrogens with zero attached hydrogens (tertiary/aromatic N) is 3. The van der Waals surface area contributed by atoms with Gasteiger partial charge in [-0.3, -0.25) is 14.3 Å². The summed E-state index contributed by atoms with van der Waals surface area (Å²) in [6, 6.07) is 7.68. The molecule has 0 spiro atoms. The highest BCUT2D eigenvalue weighted by Crippen LogP contribution is 2.17. The molecule has 1 unspecified atom stereocenters.